The fourth-order valence-electron chi connectivity index (χ4n) is 2.05. The van der Waals surface area contributed by atoms with Crippen LogP contribution in [-0.2, 0) is 6.54 Å². The van der Waals surface area contributed by atoms with Gasteiger partial charge in [0.25, 0.3) is 0 Å². The largest absolute Gasteiger partial charge is 0.492 e. The number of carbonyl (C=O) groups is 1. The van der Waals surface area contributed by atoms with E-state index in [0.29, 0.717) is 24.6 Å². The van der Waals surface area contributed by atoms with Gasteiger partial charge in [-0.1, -0.05) is 6.07 Å². The fourth-order valence-corrected chi connectivity index (χ4v) is 2.05. The van der Waals surface area contributed by atoms with Gasteiger partial charge in [-0.3, -0.25) is 4.98 Å². The second-order valence-electron chi connectivity index (χ2n) is 5.07. The molecule has 0 spiro atoms. The Morgan fingerprint density at radius 3 is 2.68 bits per heavy atom. The summed E-state index contributed by atoms with van der Waals surface area (Å²) in [5.74, 6) is 0.688. The zero-order valence-corrected chi connectivity index (χ0v) is 13.2. The van der Waals surface area contributed by atoms with Gasteiger partial charge < -0.3 is 15.0 Å². The average Bonchev–Trinajstić information content (AvgIpc) is 2.51. The van der Waals surface area contributed by atoms with Crippen LogP contribution in [0.1, 0.15) is 18.1 Å². The Labute approximate surface area is 130 Å². The number of carbonyl (C=O) groups excluding carboxylic acids is 1. The van der Waals surface area contributed by atoms with E-state index in [-0.39, 0.29) is 6.03 Å². The van der Waals surface area contributed by atoms with E-state index >= 15 is 0 Å². The maximum absolute atomic E-state index is 12.3. The lowest BCUT2D eigenvalue weighted by atomic mass is 10.2. The van der Waals surface area contributed by atoms with Crippen LogP contribution in [0.4, 0.5) is 10.5 Å². The van der Waals surface area contributed by atoms with Crippen LogP contribution >= 0.6 is 0 Å². The van der Waals surface area contributed by atoms with Gasteiger partial charge in [0.05, 0.1) is 12.3 Å². The summed E-state index contributed by atoms with van der Waals surface area (Å²) in [7, 11) is 1.75. The number of pyridine rings is 1. The molecular weight excluding hydrogens is 278 g/mol. The molecule has 5 heteroatoms. The molecule has 0 radical (unpaired) electrons. The maximum Gasteiger partial charge on any atom is 0.321 e. The predicted octanol–water partition coefficient (Wildman–Crippen LogP) is 3.45. The smallest absolute Gasteiger partial charge is 0.321 e. The number of hydrogen-bond donors (Lipinski definition) is 1. The molecule has 2 rings (SSSR count). The van der Waals surface area contributed by atoms with E-state index in [0.717, 1.165) is 11.1 Å². The summed E-state index contributed by atoms with van der Waals surface area (Å²) in [5.41, 5.74) is 2.80. The second kappa shape index (κ2) is 7.45. The Balaban J connectivity index is 2.05. The van der Waals surface area contributed by atoms with E-state index in [1.165, 1.54) is 0 Å². The maximum atomic E-state index is 12.3. The molecule has 2 aromatic rings. The van der Waals surface area contributed by atoms with Crippen molar-refractivity contribution in [2.75, 3.05) is 19.0 Å². The summed E-state index contributed by atoms with van der Waals surface area (Å²) < 4.78 is 5.58. The number of amides is 2. The Morgan fingerprint density at radius 2 is 2.00 bits per heavy atom. The summed E-state index contributed by atoms with van der Waals surface area (Å²) >= 11 is 0. The van der Waals surface area contributed by atoms with Crippen molar-refractivity contribution in [1.82, 2.24) is 9.88 Å². The minimum atomic E-state index is -0.179. The molecule has 2 amide bonds. The molecule has 0 aliphatic rings. The molecule has 116 valence electrons. The highest BCUT2D eigenvalue weighted by atomic mass is 16.5. The molecule has 22 heavy (non-hydrogen) atoms. The first-order chi connectivity index (χ1) is 10.6. The van der Waals surface area contributed by atoms with Crippen molar-refractivity contribution in [1.29, 1.82) is 0 Å². The summed E-state index contributed by atoms with van der Waals surface area (Å²) in [5, 5.41) is 2.89. The molecule has 1 aromatic carbocycles. The van der Waals surface area contributed by atoms with Gasteiger partial charge in [0, 0.05) is 26.0 Å². The SMILES string of the molecule is CCOc1cc(C)ccc1NC(=O)N(C)Cc1ccncc1. The highest BCUT2D eigenvalue weighted by Gasteiger charge is 2.12. The van der Waals surface area contributed by atoms with Gasteiger partial charge in [-0.05, 0) is 49.2 Å². The topological polar surface area (TPSA) is 54.5 Å². The van der Waals surface area contributed by atoms with E-state index < -0.39 is 0 Å². The van der Waals surface area contributed by atoms with Crippen LogP contribution in [0.3, 0.4) is 0 Å². The van der Waals surface area contributed by atoms with Gasteiger partial charge >= 0.3 is 6.03 Å². The van der Waals surface area contributed by atoms with Crippen LogP contribution in [0.25, 0.3) is 0 Å². The molecular formula is C17H21N3O2. The van der Waals surface area contributed by atoms with Crippen molar-refractivity contribution in [3.63, 3.8) is 0 Å². The predicted molar refractivity (Wildman–Crippen MR) is 87.1 cm³/mol. The quantitative estimate of drug-likeness (QED) is 0.920. The average molecular weight is 299 g/mol. The van der Waals surface area contributed by atoms with Crippen LogP contribution in [0.2, 0.25) is 0 Å². The van der Waals surface area contributed by atoms with Crippen molar-refractivity contribution >= 4 is 11.7 Å². The molecule has 0 saturated heterocycles. The lowest BCUT2D eigenvalue weighted by Crippen LogP contribution is -2.31. The molecule has 0 aliphatic carbocycles. The van der Waals surface area contributed by atoms with Gasteiger partial charge in [-0.15, -0.1) is 0 Å². The summed E-state index contributed by atoms with van der Waals surface area (Å²) in [6, 6.07) is 9.32. The third-order valence-corrected chi connectivity index (χ3v) is 3.19. The molecule has 0 saturated carbocycles. The van der Waals surface area contributed by atoms with Crippen molar-refractivity contribution in [3.8, 4) is 5.75 Å². The number of benzene rings is 1. The first-order valence-corrected chi connectivity index (χ1v) is 7.24. The number of ether oxygens (including phenoxy) is 1. The molecule has 0 atom stereocenters. The Kier molecular flexibility index (Phi) is 5.36. The van der Waals surface area contributed by atoms with E-state index in [4.69, 9.17) is 4.74 Å². The lowest BCUT2D eigenvalue weighted by molar-refractivity contribution is 0.220. The number of aromatic nitrogens is 1. The highest BCUT2D eigenvalue weighted by molar-refractivity contribution is 5.90. The van der Waals surface area contributed by atoms with Gasteiger partial charge in [0.2, 0.25) is 0 Å². The standard InChI is InChI=1S/C17H21N3O2/c1-4-22-16-11-13(2)5-6-15(16)19-17(21)20(3)12-14-7-9-18-10-8-14/h5-11H,4,12H2,1-3H3,(H,19,21). The number of rotatable bonds is 5. The highest BCUT2D eigenvalue weighted by Crippen LogP contribution is 2.26. The van der Waals surface area contributed by atoms with Crippen LogP contribution in [0, 0.1) is 6.92 Å². The normalized spacial score (nSPS) is 10.1. The Bertz CT molecular complexity index is 629. The van der Waals surface area contributed by atoms with Crippen molar-refractivity contribution in [3.05, 3.63) is 53.9 Å². The van der Waals surface area contributed by atoms with Crippen LogP contribution in [0.5, 0.6) is 5.75 Å². The number of urea groups is 1. The number of hydrogen-bond acceptors (Lipinski definition) is 3. The minimum absolute atomic E-state index is 0.179. The van der Waals surface area contributed by atoms with Crippen molar-refractivity contribution < 1.29 is 9.53 Å². The van der Waals surface area contributed by atoms with Crippen LogP contribution < -0.4 is 10.1 Å². The Morgan fingerprint density at radius 1 is 1.27 bits per heavy atom. The lowest BCUT2D eigenvalue weighted by Gasteiger charge is -2.19. The zero-order chi connectivity index (χ0) is 15.9. The van der Waals surface area contributed by atoms with E-state index in [9.17, 15) is 4.79 Å². The number of aryl methyl sites for hydroxylation is 1. The van der Waals surface area contributed by atoms with Gasteiger partial charge in [0.1, 0.15) is 5.75 Å². The number of anilines is 1. The van der Waals surface area contributed by atoms with E-state index in [1.807, 2.05) is 44.2 Å². The molecule has 1 heterocycles. The Hall–Kier alpha value is -2.56. The summed E-state index contributed by atoms with van der Waals surface area (Å²) in [6.45, 7) is 4.98. The molecule has 0 aliphatic heterocycles. The molecule has 5 nitrogen and oxygen atoms in total. The van der Waals surface area contributed by atoms with Crippen molar-refractivity contribution in [2.45, 2.75) is 20.4 Å². The third kappa shape index (κ3) is 4.22. The molecule has 0 fully saturated rings. The molecule has 0 unspecified atom stereocenters. The molecule has 1 aromatic heterocycles. The van der Waals surface area contributed by atoms with Crippen LogP contribution in [-0.4, -0.2) is 29.6 Å². The number of nitrogens with zero attached hydrogens (tertiary/aromatic N) is 2. The second-order valence-corrected chi connectivity index (χ2v) is 5.07. The first-order valence-electron chi connectivity index (χ1n) is 7.24. The molecule has 0 bridgehead atoms. The van der Waals surface area contributed by atoms with Crippen molar-refractivity contribution in [2.24, 2.45) is 0 Å². The summed E-state index contributed by atoms with van der Waals surface area (Å²) in [6.07, 6.45) is 3.43. The third-order valence-electron chi connectivity index (χ3n) is 3.19. The van der Waals surface area contributed by atoms with Gasteiger partial charge in [0.15, 0.2) is 0 Å². The van der Waals surface area contributed by atoms with Crippen LogP contribution in [0.15, 0.2) is 42.7 Å². The molecule has 1 N–H and O–H groups in total. The van der Waals surface area contributed by atoms with Gasteiger partial charge in [-0.2, -0.15) is 0 Å². The zero-order valence-electron chi connectivity index (χ0n) is 13.2. The first kappa shape index (κ1) is 15.8. The summed E-state index contributed by atoms with van der Waals surface area (Å²) in [4.78, 5) is 17.9. The minimum Gasteiger partial charge on any atom is -0.492 e. The van der Waals surface area contributed by atoms with E-state index in [1.54, 1.807) is 24.3 Å². The number of nitrogens with one attached hydrogen (secondary N) is 1. The van der Waals surface area contributed by atoms with Gasteiger partial charge in [-0.25, -0.2) is 4.79 Å². The monoisotopic (exact) mass is 299 g/mol. The van der Waals surface area contributed by atoms with E-state index in [2.05, 4.69) is 10.3 Å². The fraction of sp³-hybridized carbons (Fsp3) is 0.294.